The first-order chi connectivity index (χ1) is 14.2. The molecule has 0 aliphatic rings. The fourth-order valence-electron chi connectivity index (χ4n) is 3.25. The van der Waals surface area contributed by atoms with E-state index in [0.717, 1.165) is 11.1 Å². The smallest absolute Gasteiger partial charge is 0.197 e. The molecule has 1 heterocycles. The van der Waals surface area contributed by atoms with Crippen molar-refractivity contribution in [1.82, 2.24) is 0 Å². The van der Waals surface area contributed by atoms with Crippen LogP contribution in [0.1, 0.15) is 38.8 Å². The van der Waals surface area contributed by atoms with Crippen LogP contribution in [0.4, 0.5) is 0 Å². The number of allylic oxidation sites excluding steroid dienone is 4. The molecule has 0 saturated carbocycles. The highest BCUT2D eigenvalue weighted by Crippen LogP contribution is 2.40. The molecule has 156 valence electrons. The van der Waals surface area contributed by atoms with Crippen LogP contribution in [-0.2, 0) is 12.8 Å². The second-order valence-electron chi connectivity index (χ2n) is 7.85. The number of hydrogen-bond donors (Lipinski definition) is 3. The zero-order valence-electron chi connectivity index (χ0n) is 17.6. The molecule has 0 amide bonds. The van der Waals surface area contributed by atoms with Gasteiger partial charge in [-0.3, -0.25) is 4.79 Å². The van der Waals surface area contributed by atoms with Gasteiger partial charge in [-0.05, 0) is 64.8 Å². The van der Waals surface area contributed by atoms with E-state index in [1.165, 1.54) is 18.2 Å². The van der Waals surface area contributed by atoms with Crippen LogP contribution in [0.2, 0.25) is 0 Å². The van der Waals surface area contributed by atoms with Crippen LogP contribution in [0.25, 0.3) is 22.3 Å². The molecule has 0 bridgehead atoms. The van der Waals surface area contributed by atoms with Crippen molar-refractivity contribution < 1.29 is 19.7 Å². The molecule has 3 rings (SSSR count). The SMILES string of the molecule is CC(C)=CCc1c(O)c(CC=C(C)C)c2oc(-c3ccc(O)cc3)cc(=O)c2c1O. The lowest BCUT2D eigenvalue weighted by atomic mass is 9.96. The number of rotatable bonds is 5. The van der Waals surface area contributed by atoms with Gasteiger partial charge < -0.3 is 19.7 Å². The van der Waals surface area contributed by atoms with E-state index in [9.17, 15) is 20.1 Å². The molecule has 0 aliphatic carbocycles. The number of aromatic hydroxyl groups is 3. The van der Waals surface area contributed by atoms with Crippen LogP contribution in [0.5, 0.6) is 17.2 Å². The first kappa shape index (κ1) is 21.2. The van der Waals surface area contributed by atoms with Crippen molar-refractivity contribution in [2.75, 3.05) is 0 Å². The van der Waals surface area contributed by atoms with E-state index in [4.69, 9.17) is 4.42 Å². The van der Waals surface area contributed by atoms with Crippen molar-refractivity contribution in [2.45, 2.75) is 40.5 Å². The number of fused-ring (bicyclic) bond motifs is 1. The Hall–Kier alpha value is -3.47. The van der Waals surface area contributed by atoms with Crippen molar-refractivity contribution in [1.29, 1.82) is 0 Å². The van der Waals surface area contributed by atoms with E-state index in [2.05, 4.69) is 0 Å². The Labute approximate surface area is 175 Å². The Morgan fingerprint density at radius 2 is 1.43 bits per heavy atom. The lowest BCUT2D eigenvalue weighted by Gasteiger charge is -2.15. The van der Waals surface area contributed by atoms with E-state index in [-0.39, 0.29) is 28.2 Å². The minimum absolute atomic E-state index is 0.0599. The third-order valence-electron chi connectivity index (χ3n) is 4.90. The Balaban J connectivity index is 2.35. The molecule has 0 spiro atoms. The Kier molecular flexibility index (Phi) is 6.01. The summed E-state index contributed by atoms with van der Waals surface area (Å²) in [5.74, 6) is 0.0695. The first-order valence-electron chi connectivity index (χ1n) is 9.78. The monoisotopic (exact) mass is 406 g/mol. The summed E-state index contributed by atoms with van der Waals surface area (Å²) < 4.78 is 6.03. The van der Waals surface area contributed by atoms with Gasteiger partial charge >= 0.3 is 0 Å². The summed E-state index contributed by atoms with van der Waals surface area (Å²) in [4.78, 5) is 13.0. The van der Waals surface area contributed by atoms with Crippen molar-refractivity contribution in [3.05, 3.63) is 75.0 Å². The highest BCUT2D eigenvalue weighted by atomic mass is 16.3. The first-order valence-corrected chi connectivity index (χ1v) is 9.78. The zero-order valence-corrected chi connectivity index (χ0v) is 17.6. The van der Waals surface area contributed by atoms with E-state index in [1.54, 1.807) is 12.1 Å². The normalized spacial score (nSPS) is 10.8. The lowest BCUT2D eigenvalue weighted by Crippen LogP contribution is -2.05. The maximum atomic E-state index is 13.0. The van der Waals surface area contributed by atoms with E-state index < -0.39 is 5.43 Å². The summed E-state index contributed by atoms with van der Waals surface area (Å²) >= 11 is 0. The molecule has 30 heavy (non-hydrogen) atoms. The van der Waals surface area contributed by atoms with Gasteiger partial charge in [-0.15, -0.1) is 0 Å². The lowest BCUT2D eigenvalue weighted by molar-refractivity contribution is 0.438. The average molecular weight is 406 g/mol. The number of hydrogen-bond acceptors (Lipinski definition) is 5. The van der Waals surface area contributed by atoms with Gasteiger partial charge in [-0.2, -0.15) is 0 Å². The minimum Gasteiger partial charge on any atom is -0.508 e. The van der Waals surface area contributed by atoms with Crippen LogP contribution in [0.15, 0.2) is 62.8 Å². The number of phenols is 3. The molecule has 0 fully saturated rings. The maximum absolute atomic E-state index is 13.0. The third-order valence-corrected chi connectivity index (χ3v) is 4.90. The molecule has 0 unspecified atom stereocenters. The van der Waals surface area contributed by atoms with Crippen molar-refractivity contribution >= 4 is 11.0 Å². The van der Waals surface area contributed by atoms with Gasteiger partial charge in [0.25, 0.3) is 0 Å². The zero-order chi connectivity index (χ0) is 22.0. The minimum atomic E-state index is -0.395. The molecule has 0 radical (unpaired) electrons. The molecule has 3 aromatic rings. The Morgan fingerprint density at radius 1 is 0.867 bits per heavy atom. The topological polar surface area (TPSA) is 90.9 Å². The van der Waals surface area contributed by atoms with Gasteiger partial charge in [-0.25, -0.2) is 0 Å². The van der Waals surface area contributed by atoms with Crippen LogP contribution in [0, 0.1) is 0 Å². The predicted molar refractivity (Wildman–Crippen MR) is 119 cm³/mol. The van der Waals surface area contributed by atoms with Gasteiger partial charge in [0.05, 0.1) is 0 Å². The molecule has 1 aromatic heterocycles. The fraction of sp³-hybridized carbons (Fsp3) is 0.240. The van der Waals surface area contributed by atoms with Gasteiger partial charge in [0, 0.05) is 22.8 Å². The van der Waals surface area contributed by atoms with E-state index >= 15 is 0 Å². The van der Waals surface area contributed by atoms with Gasteiger partial charge in [0.1, 0.15) is 34.0 Å². The Bertz CT molecular complexity index is 1200. The van der Waals surface area contributed by atoms with Crippen LogP contribution < -0.4 is 5.43 Å². The molecule has 5 heteroatoms. The summed E-state index contributed by atoms with van der Waals surface area (Å²) in [6.45, 7) is 7.75. The van der Waals surface area contributed by atoms with Gasteiger partial charge in [0.15, 0.2) is 5.43 Å². The standard InChI is InChI=1S/C25H26O5/c1-14(2)5-11-18-23(28)19(12-6-15(3)4)25-22(24(18)29)20(27)13-21(30-25)16-7-9-17(26)10-8-16/h5-10,13,26,28-29H,11-12H2,1-4H3. The maximum Gasteiger partial charge on any atom is 0.197 e. The van der Waals surface area contributed by atoms with Crippen molar-refractivity contribution in [3.8, 4) is 28.6 Å². The summed E-state index contributed by atoms with van der Waals surface area (Å²) in [6.07, 6.45) is 4.48. The van der Waals surface area contributed by atoms with Gasteiger partial charge in [0.2, 0.25) is 0 Å². The van der Waals surface area contributed by atoms with Crippen LogP contribution in [-0.4, -0.2) is 15.3 Å². The van der Waals surface area contributed by atoms with Crippen molar-refractivity contribution in [3.63, 3.8) is 0 Å². The molecule has 2 aromatic carbocycles. The number of benzene rings is 2. The number of phenolic OH excluding ortho intramolecular Hbond substituents is 3. The third kappa shape index (κ3) is 4.25. The highest BCUT2D eigenvalue weighted by molar-refractivity contribution is 5.91. The average Bonchev–Trinajstić information content (AvgIpc) is 2.67. The van der Waals surface area contributed by atoms with Crippen LogP contribution in [0.3, 0.4) is 0 Å². The van der Waals surface area contributed by atoms with Gasteiger partial charge in [-0.1, -0.05) is 23.3 Å². The molecule has 0 atom stereocenters. The molecule has 5 nitrogen and oxygen atoms in total. The van der Waals surface area contributed by atoms with Crippen molar-refractivity contribution in [2.24, 2.45) is 0 Å². The predicted octanol–water partition coefficient (Wildman–Crippen LogP) is 5.59. The second kappa shape index (κ2) is 8.49. The highest BCUT2D eigenvalue weighted by Gasteiger charge is 2.22. The summed E-state index contributed by atoms with van der Waals surface area (Å²) in [5.41, 5.74) is 3.23. The summed E-state index contributed by atoms with van der Waals surface area (Å²) in [7, 11) is 0. The van der Waals surface area contributed by atoms with E-state index in [1.807, 2.05) is 39.8 Å². The summed E-state index contributed by atoms with van der Waals surface area (Å²) in [6, 6.07) is 7.60. The molecular formula is C25H26O5. The molecular weight excluding hydrogens is 380 g/mol. The fourth-order valence-corrected chi connectivity index (χ4v) is 3.25. The van der Waals surface area contributed by atoms with E-state index in [0.29, 0.717) is 35.3 Å². The summed E-state index contributed by atoms with van der Waals surface area (Å²) in [5, 5.41) is 31.4. The molecule has 0 aliphatic heterocycles. The molecule has 0 saturated heterocycles. The Morgan fingerprint density at radius 3 is 2.00 bits per heavy atom. The largest absolute Gasteiger partial charge is 0.508 e. The van der Waals surface area contributed by atoms with Crippen LogP contribution >= 0.6 is 0 Å². The second-order valence-corrected chi connectivity index (χ2v) is 7.85. The molecule has 3 N–H and O–H groups in total. The quantitative estimate of drug-likeness (QED) is 0.480.